The van der Waals surface area contributed by atoms with Gasteiger partial charge in [0.25, 0.3) is 0 Å². The molecule has 0 aliphatic heterocycles. The normalized spacial score (nSPS) is 10.9. The van der Waals surface area contributed by atoms with E-state index in [0.717, 1.165) is 38.3 Å². The molecular weight excluding hydrogens is 226 g/mol. The minimum absolute atomic E-state index is 0.310. The number of para-hydroxylation sites is 1. The van der Waals surface area contributed by atoms with Crippen LogP contribution in [0.1, 0.15) is 32.3 Å². The van der Waals surface area contributed by atoms with E-state index < -0.39 is 0 Å². The van der Waals surface area contributed by atoms with Crippen molar-refractivity contribution >= 4 is 0 Å². The van der Waals surface area contributed by atoms with E-state index in [2.05, 4.69) is 25.2 Å². The molecule has 0 fully saturated rings. The van der Waals surface area contributed by atoms with Crippen LogP contribution in [0.5, 0.6) is 5.75 Å². The number of nitrogens with one attached hydrogen (secondary N) is 1. The summed E-state index contributed by atoms with van der Waals surface area (Å²) in [6.07, 6.45) is 2.40. The van der Waals surface area contributed by atoms with Gasteiger partial charge in [-0.25, -0.2) is 0 Å². The lowest BCUT2D eigenvalue weighted by Crippen LogP contribution is -2.20. The van der Waals surface area contributed by atoms with E-state index in [1.165, 1.54) is 5.56 Å². The number of hydrogen-bond acceptors (Lipinski definition) is 3. The SMILES string of the molecule is CCC(CC)Oc1ccccc1CNCCOC. The van der Waals surface area contributed by atoms with E-state index in [1.54, 1.807) is 7.11 Å². The van der Waals surface area contributed by atoms with Crippen molar-refractivity contribution in [1.82, 2.24) is 5.32 Å². The molecule has 0 aliphatic rings. The summed E-state index contributed by atoms with van der Waals surface area (Å²) in [5.41, 5.74) is 1.21. The van der Waals surface area contributed by atoms with Crippen molar-refractivity contribution in [2.45, 2.75) is 39.3 Å². The second kappa shape index (κ2) is 8.95. The Kier molecular flexibility index (Phi) is 7.46. The summed E-state index contributed by atoms with van der Waals surface area (Å²) >= 11 is 0. The molecule has 0 atom stereocenters. The topological polar surface area (TPSA) is 30.5 Å². The molecule has 1 aromatic carbocycles. The number of benzene rings is 1. The molecule has 0 radical (unpaired) electrons. The van der Waals surface area contributed by atoms with Gasteiger partial charge in [-0.15, -0.1) is 0 Å². The lowest BCUT2D eigenvalue weighted by atomic mass is 10.1. The molecule has 3 heteroatoms. The molecule has 0 unspecified atom stereocenters. The van der Waals surface area contributed by atoms with Crippen LogP contribution in [0.2, 0.25) is 0 Å². The molecule has 0 saturated carbocycles. The van der Waals surface area contributed by atoms with Crippen LogP contribution < -0.4 is 10.1 Å². The molecule has 0 saturated heterocycles. The summed E-state index contributed by atoms with van der Waals surface area (Å²) in [6, 6.07) is 8.23. The third-order valence-electron chi connectivity index (χ3n) is 2.98. The largest absolute Gasteiger partial charge is 0.490 e. The molecule has 102 valence electrons. The standard InChI is InChI=1S/C15H25NO2/c1-4-14(5-2)18-15-9-7-6-8-13(15)12-16-10-11-17-3/h6-9,14,16H,4-5,10-12H2,1-3H3. The highest BCUT2D eigenvalue weighted by Gasteiger charge is 2.08. The van der Waals surface area contributed by atoms with Crippen molar-refractivity contribution in [2.24, 2.45) is 0 Å². The van der Waals surface area contributed by atoms with Crippen molar-refractivity contribution in [1.29, 1.82) is 0 Å². The average Bonchev–Trinajstić information content (AvgIpc) is 2.42. The van der Waals surface area contributed by atoms with Gasteiger partial charge in [0.2, 0.25) is 0 Å². The fraction of sp³-hybridized carbons (Fsp3) is 0.600. The molecule has 1 N–H and O–H groups in total. The minimum atomic E-state index is 0.310. The number of rotatable bonds is 9. The van der Waals surface area contributed by atoms with E-state index in [9.17, 15) is 0 Å². The number of methoxy groups -OCH3 is 1. The lowest BCUT2D eigenvalue weighted by molar-refractivity contribution is 0.189. The average molecular weight is 251 g/mol. The first-order chi connectivity index (χ1) is 8.81. The highest BCUT2D eigenvalue weighted by Crippen LogP contribution is 2.20. The zero-order valence-electron chi connectivity index (χ0n) is 11.7. The Morgan fingerprint density at radius 1 is 1.17 bits per heavy atom. The van der Waals surface area contributed by atoms with Crippen molar-refractivity contribution in [3.05, 3.63) is 29.8 Å². The minimum Gasteiger partial charge on any atom is -0.490 e. The quantitative estimate of drug-likeness (QED) is 0.684. The van der Waals surface area contributed by atoms with Gasteiger partial charge in [-0.05, 0) is 18.9 Å². The predicted molar refractivity (Wildman–Crippen MR) is 75.0 cm³/mol. The van der Waals surface area contributed by atoms with Crippen molar-refractivity contribution < 1.29 is 9.47 Å². The summed E-state index contributed by atoms with van der Waals surface area (Å²) in [5, 5.41) is 3.35. The Morgan fingerprint density at radius 2 is 1.89 bits per heavy atom. The maximum Gasteiger partial charge on any atom is 0.124 e. The number of ether oxygens (including phenoxy) is 2. The van der Waals surface area contributed by atoms with Gasteiger partial charge in [-0.1, -0.05) is 32.0 Å². The van der Waals surface area contributed by atoms with Crippen molar-refractivity contribution in [3.63, 3.8) is 0 Å². The Morgan fingerprint density at radius 3 is 2.56 bits per heavy atom. The molecule has 18 heavy (non-hydrogen) atoms. The third-order valence-corrected chi connectivity index (χ3v) is 2.98. The Labute approximate surface area is 110 Å². The van der Waals surface area contributed by atoms with E-state index in [4.69, 9.17) is 9.47 Å². The molecule has 1 aromatic rings. The van der Waals surface area contributed by atoms with Gasteiger partial charge in [0.05, 0.1) is 12.7 Å². The molecule has 3 nitrogen and oxygen atoms in total. The van der Waals surface area contributed by atoms with Gasteiger partial charge in [0, 0.05) is 25.8 Å². The van der Waals surface area contributed by atoms with Crippen LogP contribution in [0.4, 0.5) is 0 Å². The van der Waals surface area contributed by atoms with Crippen LogP contribution in [0.25, 0.3) is 0 Å². The maximum absolute atomic E-state index is 6.03. The molecule has 1 rings (SSSR count). The summed E-state index contributed by atoms with van der Waals surface area (Å²) in [5.74, 6) is 0.996. The molecular formula is C15H25NO2. The van der Waals surface area contributed by atoms with Gasteiger partial charge in [0.1, 0.15) is 5.75 Å². The molecule has 0 heterocycles. The first-order valence-corrected chi connectivity index (χ1v) is 6.76. The van der Waals surface area contributed by atoms with E-state index in [0.29, 0.717) is 6.10 Å². The second-order valence-electron chi connectivity index (χ2n) is 4.33. The smallest absolute Gasteiger partial charge is 0.124 e. The first-order valence-electron chi connectivity index (χ1n) is 6.76. The van der Waals surface area contributed by atoms with Crippen LogP contribution in [-0.4, -0.2) is 26.4 Å². The highest BCUT2D eigenvalue weighted by atomic mass is 16.5. The van der Waals surface area contributed by atoms with E-state index in [-0.39, 0.29) is 0 Å². The summed E-state index contributed by atoms with van der Waals surface area (Å²) < 4.78 is 11.0. The molecule has 0 bridgehead atoms. The lowest BCUT2D eigenvalue weighted by Gasteiger charge is -2.18. The van der Waals surface area contributed by atoms with Crippen LogP contribution in [0.15, 0.2) is 24.3 Å². The summed E-state index contributed by atoms with van der Waals surface area (Å²) in [7, 11) is 1.71. The third kappa shape index (κ3) is 5.07. The summed E-state index contributed by atoms with van der Waals surface area (Å²) in [6.45, 7) is 6.73. The molecule has 0 aliphatic carbocycles. The van der Waals surface area contributed by atoms with Crippen molar-refractivity contribution in [2.75, 3.05) is 20.3 Å². The van der Waals surface area contributed by atoms with Crippen LogP contribution in [0.3, 0.4) is 0 Å². The Balaban J connectivity index is 2.55. The maximum atomic E-state index is 6.03. The zero-order chi connectivity index (χ0) is 13.2. The predicted octanol–water partition coefficient (Wildman–Crippen LogP) is 2.99. The van der Waals surface area contributed by atoms with E-state index >= 15 is 0 Å². The van der Waals surface area contributed by atoms with E-state index in [1.807, 2.05) is 18.2 Å². The molecule has 0 aromatic heterocycles. The molecule has 0 spiro atoms. The van der Waals surface area contributed by atoms with Crippen LogP contribution >= 0.6 is 0 Å². The fourth-order valence-corrected chi connectivity index (χ4v) is 1.80. The summed E-state index contributed by atoms with van der Waals surface area (Å²) in [4.78, 5) is 0. The van der Waals surface area contributed by atoms with Gasteiger partial charge in [-0.2, -0.15) is 0 Å². The van der Waals surface area contributed by atoms with Gasteiger partial charge < -0.3 is 14.8 Å². The second-order valence-corrected chi connectivity index (χ2v) is 4.33. The van der Waals surface area contributed by atoms with Crippen molar-refractivity contribution in [3.8, 4) is 5.75 Å². The Bertz CT molecular complexity index is 324. The van der Waals surface area contributed by atoms with Gasteiger partial charge >= 0.3 is 0 Å². The zero-order valence-corrected chi connectivity index (χ0v) is 11.7. The fourth-order valence-electron chi connectivity index (χ4n) is 1.80. The van der Waals surface area contributed by atoms with Gasteiger partial charge in [-0.3, -0.25) is 0 Å². The highest BCUT2D eigenvalue weighted by molar-refractivity contribution is 5.33. The molecule has 0 amide bonds. The van der Waals surface area contributed by atoms with Crippen LogP contribution in [-0.2, 0) is 11.3 Å². The monoisotopic (exact) mass is 251 g/mol. The van der Waals surface area contributed by atoms with Crippen LogP contribution in [0, 0.1) is 0 Å². The first kappa shape index (κ1) is 15.0. The number of hydrogen-bond donors (Lipinski definition) is 1. The van der Waals surface area contributed by atoms with Gasteiger partial charge in [0.15, 0.2) is 0 Å². The Hall–Kier alpha value is -1.06.